The molecule has 8 heteroatoms. The number of urea groups is 1. The minimum atomic E-state index is -1.33. The van der Waals surface area contributed by atoms with E-state index in [1.807, 2.05) is 6.26 Å². The van der Waals surface area contributed by atoms with E-state index in [-0.39, 0.29) is 12.6 Å². The lowest BCUT2D eigenvalue weighted by atomic mass is 10.2. The van der Waals surface area contributed by atoms with E-state index in [0.717, 1.165) is 0 Å². The van der Waals surface area contributed by atoms with Crippen molar-refractivity contribution in [3.63, 3.8) is 0 Å². The topological polar surface area (TPSA) is 61.4 Å². The Balaban J connectivity index is 2.68. The summed E-state index contributed by atoms with van der Waals surface area (Å²) in [6, 6.07) is -0.122. The molecule has 0 fully saturated rings. The van der Waals surface area contributed by atoms with Crippen molar-refractivity contribution in [1.82, 2.24) is 5.32 Å². The molecule has 3 N–H and O–H groups in total. The van der Waals surface area contributed by atoms with E-state index in [0.29, 0.717) is 24.3 Å². The van der Waals surface area contributed by atoms with Crippen LogP contribution in [0.3, 0.4) is 0 Å². The average Bonchev–Trinajstić information content (AvgIpc) is 2.36. The largest absolute Gasteiger partial charge is 0.396 e. The Morgan fingerprint density at radius 3 is 2.55 bits per heavy atom. The van der Waals surface area contributed by atoms with Crippen molar-refractivity contribution in [3.8, 4) is 0 Å². The number of benzene rings is 1. The van der Waals surface area contributed by atoms with Gasteiger partial charge in [-0.3, -0.25) is 0 Å². The molecule has 0 spiro atoms. The first-order chi connectivity index (χ1) is 9.47. The molecular weight excluding hydrogens is 293 g/mol. The van der Waals surface area contributed by atoms with Crippen LogP contribution in [0, 0.1) is 17.5 Å². The molecule has 1 aromatic carbocycles. The number of carbonyl (C=O) groups is 1. The number of carbonyl (C=O) groups excluding carboxylic acids is 1. The number of halogens is 3. The summed E-state index contributed by atoms with van der Waals surface area (Å²) >= 11 is 1.47. The van der Waals surface area contributed by atoms with E-state index in [1.54, 1.807) is 0 Å². The molecule has 2 amide bonds. The van der Waals surface area contributed by atoms with Crippen LogP contribution in [-0.4, -0.2) is 35.8 Å². The van der Waals surface area contributed by atoms with Crippen LogP contribution in [0.2, 0.25) is 0 Å². The molecule has 0 aliphatic heterocycles. The molecule has 0 aromatic heterocycles. The summed E-state index contributed by atoms with van der Waals surface area (Å²) in [4.78, 5) is 11.6. The molecule has 1 aromatic rings. The third-order valence-electron chi connectivity index (χ3n) is 2.44. The fraction of sp³-hybridized carbons (Fsp3) is 0.417. The Bertz CT molecular complexity index is 468. The molecule has 0 unspecified atom stereocenters. The van der Waals surface area contributed by atoms with Crippen molar-refractivity contribution in [3.05, 3.63) is 29.6 Å². The van der Waals surface area contributed by atoms with Gasteiger partial charge in [0, 0.05) is 30.5 Å². The normalized spacial score (nSPS) is 12.1. The molecule has 1 rings (SSSR count). The summed E-state index contributed by atoms with van der Waals surface area (Å²) in [5, 5.41) is 13.5. The zero-order valence-corrected chi connectivity index (χ0v) is 11.6. The molecule has 112 valence electrons. The second-order valence-corrected chi connectivity index (χ2v) is 4.92. The molecule has 0 radical (unpaired) electrons. The molecule has 0 aliphatic carbocycles. The van der Waals surface area contributed by atoms with E-state index in [1.165, 1.54) is 11.8 Å². The van der Waals surface area contributed by atoms with Gasteiger partial charge < -0.3 is 15.7 Å². The zero-order chi connectivity index (χ0) is 15.1. The van der Waals surface area contributed by atoms with Crippen LogP contribution >= 0.6 is 11.8 Å². The van der Waals surface area contributed by atoms with Crippen LogP contribution in [0.15, 0.2) is 12.1 Å². The Labute approximate surface area is 118 Å². The number of nitrogens with one attached hydrogen (secondary N) is 2. The summed E-state index contributed by atoms with van der Waals surface area (Å²) in [6.07, 6.45) is 2.17. The summed E-state index contributed by atoms with van der Waals surface area (Å²) in [7, 11) is 0. The van der Waals surface area contributed by atoms with Gasteiger partial charge in [-0.05, 0) is 12.7 Å². The first-order valence-electron chi connectivity index (χ1n) is 5.79. The fourth-order valence-electron chi connectivity index (χ4n) is 1.52. The van der Waals surface area contributed by atoms with E-state index < -0.39 is 29.2 Å². The van der Waals surface area contributed by atoms with Gasteiger partial charge in [0.05, 0.1) is 5.69 Å². The van der Waals surface area contributed by atoms with E-state index in [9.17, 15) is 18.0 Å². The van der Waals surface area contributed by atoms with Gasteiger partial charge >= 0.3 is 6.03 Å². The predicted octanol–water partition coefficient (Wildman–Crippen LogP) is 2.34. The molecule has 4 nitrogen and oxygen atoms in total. The van der Waals surface area contributed by atoms with Gasteiger partial charge in [-0.1, -0.05) is 0 Å². The summed E-state index contributed by atoms with van der Waals surface area (Å²) in [5.41, 5.74) is -0.451. The van der Waals surface area contributed by atoms with Crippen LogP contribution < -0.4 is 10.6 Å². The number of aliphatic hydroxyl groups is 1. The standard InChI is InChI=1S/C12H15F3N2O2S/c1-20-6-7(2-3-18)16-12(19)17-11-5-9(14)8(13)4-10(11)15/h4-5,7,18H,2-3,6H2,1H3,(H2,16,17,19)/t7-/m1/s1. The lowest BCUT2D eigenvalue weighted by Crippen LogP contribution is -2.40. The minimum absolute atomic E-state index is 0.106. The first-order valence-corrected chi connectivity index (χ1v) is 7.19. The maximum atomic E-state index is 13.3. The molecule has 0 saturated carbocycles. The van der Waals surface area contributed by atoms with Crippen molar-refractivity contribution in [1.29, 1.82) is 0 Å². The van der Waals surface area contributed by atoms with Crippen molar-refractivity contribution in [2.24, 2.45) is 0 Å². The van der Waals surface area contributed by atoms with Gasteiger partial charge in [0.1, 0.15) is 5.82 Å². The van der Waals surface area contributed by atoms with Crippen LogP contribution in [0.5, 0.6) is 0 Å². The Morgan fingerprint density at radius 2 is 1.95 bits per heavy atom. The van der Waals surface area contributed by atoms with Gasteiger partial charge in [-0.2, -0.15) is 11.8 Å². The highest BCUT2D eigenvalue weighted by molar-refractivity contribution is 7.98. The highest BCUT2D eigenvalue weighted by Gasteiger charge is 2.15. The highest BCUT2D eigenvalue weighted by atomic mass is 32.2. The quantitative estimate of drug-likeness (QED) is 0.707. The number of hydrogen-bond acceptors (Lipinski definition) is 3. The Kier molecular flexibility index (Phi) is 6.66. The average molecular weight is 308 g/mol. The lowest BCUT2D eigenvalue weighted by Gasteiger charge is -2.17. The summed E-state index contributed by atoms with van der Waals surface area (Å²) in [6.45, 7) is -0.106. The van der Waals surface area contributed by atoms with Crippen LogP contribution in [-0.2, 0) is 0 Å². The van der Waals surface area contributed by atoms with Gasteiger partial charge in [0.25, 0.3) is 0 Å². The number of hydrogen-bond donors (Lipinski definition) is 3. The van der Waals surface area contributed by atoms with Crippen LogP contribution in [0.4, 0.5) is 23.7 Å². The second kappa shape index (κ2) is 8.01. The Morgan fingerprint density at radius 1 is 1.30 bits per heavy atom. The van der Waals surface area contributed by atoms with Crippen molar-refractivity contribution < 1.29 is 23.1 Å². The molecule has 0 heterocycles. The van der Waals surface area contributed by atoms with E-state index in [4.69, 9.17) is 5.11 Å². The number of aliphatic hydroxyl groups excluding tert-OH is 1. The van der Waals surface area contributed by atoms with Gasteiger partial charge in [0.2, 0.25) is 0 Å². The second-order valence-electron chi connectivity index (χ2n) is 4.01. The summed E-state index contributed by atoms with van der Waals surface area (Å²) < 4.78 is 39.0. The SMILES string of the molecule is CSC[C@@H](CCO)NC(=O)Nc1cc(F)c(F)cc1F. The number of thioether (sulfide) groups is 1. The van der Waals surface area contributed by atoms with E-state index in [2.05, 4.69) is 10.6 Å². The zero-order valence-electron chi connectivity index (χ0n) is 10.8. The highest BCUT2D eigenvalue weighted by Crippen LogP contribution is 2.18. The maximum absolute atomic E-state index is 13.3. The van der Waals surface area contributed by atoms with Crippen LogP contribution in [0.25, 0.3) is 0 Å². The fourth-order valence-corrected chi connectivity index (χ4v) is 2.17. The van der Waals surface area contributed by atoms with Gasteiger partial charge in [0.15, 0.2) is 11.6 Å². The third kappa shape index (κ3) is 4.93. The number of amides is 2. The molecule has 0 bridgehead atoms. The molecule has 1 atom stereocenters. The number of rotatable bonds is 6. The summed E-state index contributed by atoms with van der Waals surface area (Å²) in [5.74, 6) is -3.08. The van der Waals surface area contributed by atoms with Crippen molar-refractivity contribution in [2.75, 3.05) is 23.9 Å². The lowest BCUT2D eigenvalue weighted by molar-refractivity contribution is 0.241. The third-order valence-corrected chi connectivity index (χ3v) is 3.17. The van der Waals surface area contributed by atoms with Crippen LogP contribution in [0.1, 0.15) is 6.42 Å². The first kappa shape index (κ1) is 16.6. The number of anilines is 1. The molecule has 0 aliphatic rings. The predicted molar refractivity (Wildman–Crippen MR) is 72.3 cm³/mol. The molecule has 0 saturated heterocycles. The van der Waals surface area contributed by atoms with Gasteiger partial charge in [-0.15, -0.1) is 0 Å². The smallest absolute Gasteiger partial charge is 0.319 e. The van der Waals surface area contributed by atoms with Gasteiger partial charge in [-0.25, -0.2) is 18.0 Å². The maximum Gasteiger partial charge on any atom is 0.319 e. The van der Waals surface area contributed by atoms with E-state index >= 15 is 0 Å². The Hall–Kier alpha value is -1.41. The monoisotopic (exact) mass is 308 g/mol. The molecular formula is C12H15F3N2O2S. The molecule has 20 heavy (non-hydrogen) atoms. The minimum Gasteiger partial charge on any atom is -0.396 e. The van der Waals surface area contributed by atoms with Crippen molar-refractivity contribution in [2.45, 2.75) is 12.5 Å². The van der Waals surface area contributed by atoms with Crippen molar-refractivity contribution >= 4 is 23.5 Å².